The Hall–Kier alpha value is -3.14. The molecule has 2 amide bonds. The van der Waals surface area contributed by atoms with Gasteiger partial charge in [0.1, 0.15) is 18.4 Å². The molecule has 11 heteroatoms. The van der Waals surface area contributed by atoms with Gasteiger partial charge in [-0.2, -0.15) is 0 Å². The third kappa shape index (κ3) is 7.50. The molecule has 3 aromatic carbocycles. The average Bonchev–Trinajstić information content (AvgIpc) is 2.92. The number of carbonyl (C=O) groups is 2. The van der Waals surface area contributed by atoms with Crippen molar-refractivity contribution in [1.82, 2.24) is 10.2 Å². The van der Waals surface area contributed by atoms with Gasteiger partial charge in [-0.25, -0.2) is 12.8 Å². The number of sulfonamides is 1. The largest absolute Gasteiger partial charge is 0.352 e. The molecule has 0 saturated heterocycles. The van der Waals surface area contributed by atoms with E-state index in [0.29, 0.717) is 17.0 Å². The van der Waals surface area contributed by atoms with Crippen LogP contribution in [0.4, 0.5) is 10.1 Å². The number of nitrogens with zero attached hydrogens (tertiary/aromatic N) is 2. The molecule has 3 aromatic rings. The van der Waals surface area contributed by atoms with Gasteiger partial charge in [0.05, 0.1) is 15.6 Å². The molecule has 0 aliphatic carbocycles. The molecule has 39 heavy (non-hydrogen) atoms. The minimum absolute atomic E-state index is 0.00648. The fourth-order valence-corrected chi connectivity index (χ4v) is 5.54. The van der Waals surface area contributed by atoms with Crippen molar-refractivity contribution in [2.24, 2.45) is 0 Å². The minimum atomic E-state index is -4.28. The number of amides is 2. The summed E-state index contributed by atoms with van der Waals surface area (Å²) in [6.07, 6.45) is 0.686. The maximum absolute atomic E-state index is 13.9. The van der Waals surface area contributed by atoms with Crippen LogP contribution in [0.1, 0.15) is 32.8 Å². The topological polar surface area (TPSA) is 86.8 Å². The Labute approximate surface area is 238 Å². The van der Waals surface area contributed by atoms with Gasteiger partial charge in [0.2, 0.25) is 11.8 Å². The van der Waals surface area contributed by atoms with Gasteiger partial charge in [0, 0.05) is 17.6 Å². The molecule has 0 saturated carbocycles. The normalized spacial score (nSPS) is 12.9. The van der Waals surface area contributed by atoms with Crippen molar-refractivity contribution in [3.05, 3.63) is 94.2 Å². The summed E-state index contributed by atoms with van der Waals surface area (Å²) in [7, 11) is -4.28. The molecule has 0 heterocycles. The van der Waals surface area contributed by atoms with Gasteiger partial charge in [-0.15, -0.1) is 0 Å². The smallest absolute Gasteiger partial charge is 0.264 e. The first-order chi connectivity index (χ1) is 18.4. The molecule has 3 rings (SSSR count). The lowest BCUT2D eigenvalue weighted by molar-refractivity contribution is -0.139. The van der Waals surface area contributed by atoms with Crippen molar-refractivity contribution in [2.75, 3.05) is 10.8 Å². The summed E-state index contributed by atoms with van der Waals surface area (Å²) in [6.45, 7) is 4.61. The fourth-order valence-electron chi connectivity index (χ4n) is 3.75. The van der Waals surface area contributed by atoms with Gasteiger partial charge < -0.3 is 10.2 Å². The molecule has 0 spiro atoms. The third-order valence-electron chi connectivity index (χ3n) is 6.27. The zero-order chi connectivity index (χ0) is 28.7. The maximum atomic E-state index is 13.9. The van der Waals surface area contributed by atoms with Crippen LogP contribution >= 0.6 is 23.2 Å². The lowest BCUT2D eigenvalue weighted by atomic mass is 10.1. The van der Waals surface area contributed by atoms with Crippen molar-refractivity contribution < 1.29 is 22.4 Å². The highest BCUT2D eigenvalue weighted by atomic mass is 35.5. The van der Waals surface area contributed by atoms with E-state index in [1.165, 1.54) is 23.1 Å². The Bertz CT molecular complexity index is 1420. The number of hydrogen-bond donors (Lipinski definition) is 1. The highest BCUT2D eigenvalue weighted by Crippen LogP contribution is 2.28. The standard InChI is InChI=1S/C28H30Cl2FN3O4S/c1-4-19(2)32-28(36)20(3)33(17-21-10-8-9-13-24(21)29)27(35)18-34(22-14-15-26(31)25(30)16-22)39(37,38)23-11-6-5-7-12-23/h5-16,19-20H,4,17-18H2,1-3H3,(H,32,36)/t19-,20+/m0/s1. The Morgan fingerprint density at radius 3 is 2.21 bits per heavy atom. The molecule has 208 valence electrons. The van der Waals surface area contributed by atoms with E-state index in [1.54, 1.807) is 49.4 Å². The zero-order valence-corrected chi connectivity index (χ0v) is 24.1. The van der Waals surface area contributed by atoms with Crippen LogP contribution in [0.25, 0.3) is 0 Å². The Morgan fingerprint density at radius 1 is 0.949 bits per heavy atom. The molecule has 0 fully saturated rings. The van der Waals surface area contributed by atoms with Gasteiger partial charge >= 0.3 is 0 Å². The van der Waals surface area contributed by atoms with E-state index in [4.69, 9.17) is 23.2 Å². The number of carbonyl (C=O) groups excluding carboxylic acids is 2. The van der Waals surface area contributed by atoms with E-state index in [-0.39, 0.29) is 28.2 Å². The van der Waals surface area contributed by atoms with E-state index >= 15 is 0 Å². The number of anilines is 1. The van der Waals surface area contributed by atoms with Gasteiger partial charge in [-0.3, -0.25) is 13.9 Å². The van der Waals surface area contributed by atoms with Gasteiger partial charge in [-0.05, 0) is 62.2 Å². The molecular weight excluding hydrogens is 564 g/mol. The molecule has 0 aromatic heterocycles. The molecule has 0 aliphatic rings. The lowest BCUT2D eigenvalue weighted by Gasteiger charge is -2.32. The van der Waals surface area contributed by atoms with Crippen molar-refractivity contribution in [3.8, 4) is 0 Å². The summed E-state index contributed by atoms with van der Waals surface area (Å²) >= 11 is 12.3. The lowest BCUT2D eigenvalue weighted by Crippen LogP contribution is -2.52. The van der Waals surface area contributed by atoms with E-state index in [0.717, 1.165) is 16.4 Å². The van der Waals surface area contributed by atoms with Crippen molar-refractivity contribution in [1.29, 1.82) is 0 Å². The van der Waals surface area contributed by atoms with E-state index in [1.807, 2.05) is 13.8 Å². The van der Waals surface area contributed by atoms with Crippen LogP contribution in [-0.4, -0.2) is 43.8 Å². The van der Waals surface area contributed by atoms with Crippen LogP contribution in [0.15, 0.2) is 77.7 Å². The third-order valence-corrected chi connectivity index (χ3v) is 8.71. The summed E-state index contributed by atoms with van der Waals surface area (Å²) in [5.74, 6) is -1.80. The highest BCUT2D eigenvalue weighted by Gasteiger charge is 2.33. The van der Waals surface area contributed by atoms with Gasteiger partial charge in [-0.1, -0.05) is 66.5 Å². The first kappa shape index (κ1) is 30.4. The Morgan fingerprint density at radius 2 is 1.59 bits per heavy atom. The molecule has 0 radical (unpaired) electrons. The number of nitrogens with one attached hydrogen (secondary N) is 1. The molecule has 7 nitrogen and oxygen atoms in total. The summed E-state index contributed by atoms with van der Waals surface area (Å²) in [5, 5.41) is 2.95. The highest BCUT2D eigenvalue weighted by molar-refractivity contribution is 7.92. The van der Waals surface area contributed by atoms with E-state index in [2.05, 4.69) is 5.32 Å². The number of halogens is 3. The molecule has 2 atom stereocenters. The predicted molar refractivity (Wildman–Crippen MR) is 152 cm³/mol. The van der Waals surface area contributed by atoms with E-state index in [9.17, 15) is 22.4 Å². The molecule has 1 N–H and O–H groups in total. The van der Waals surface area contributed by atoms with Crippen LogP contribution in [0.2, 0.25) is 10.0 Å². The zero-order valence-electron chi connectivity index (χ0n) is 21.8. The Kier molecular flexibility index (Phi) is 10.4. The molecular formula is C28H30Cl2FN3O4S. The van der Waals surface area contributed by atoms with Crippen molar-refractivity contribution in [2.45, 2.75) is 50.7 Å². The number of rotatable bonds is 11. The minimum Gasteiger partial charge on any atom is -0.352 e. The molecule has 0 bridgehead atoms. The van der Waals surface area contributed by atoms with Gasteiger partial charge in [0.25, 0.3) is 10.0 Å². The number of benzene rings is 3. The monoisotopic (exact) mass is 593 g/mol. The first-order valence-corrected chi connectivity index (χ1v) is 14.5. The van der Waals surface area contributed by atoms with Crippen LogP contribution in [0.3, 0.4) is 0 Å². The summed E-state index contributed by atoms with van der Waals surface area (Å²) in [5.41, 5.74) is 0.575. The molecule has 0 unspecified atom stereocenters. The maximum Gasteiger partial charge on any atom is 0.264 e. The van der Waals surface area contributed by atoms with E-state index < -0.39 is 40.2 Å². The second kappa shape index (κ2) is 13.3. The van der Waals surface area contributed by atoms with Crippen LogP contribution in [0, 0.1) is 5.82 Å². The van der Waals surface area contributed by atoms with Gasteiger partial charge in [0.15, 0.2) is 0 Å². The summed E-state index contributed by atoms with van der Waals surface area (Å²) in [4.78, 5) is 28.1. The Balaban J connectivity index is 2.05. The number of hydrogen-bond acceptors (Lipinski definition) is 4. The average molecular weight is 595 g/mol. The fraction of sp³-hybridized carbons (Fsp3) is 0.286. The van der Waals surface area contributed by atoms with Crippen molar-refractivity contribution >= 4 is 50.7 Å². The van der Waals surface area contributed by atoms with Crippen LogP contribution in [0.5, 0.6) is 0 Å². The first-order valence-electron chi connectivity index (χ1n) is 12.3. The second-order valence-corrected chi connectivity index (χ2v) is 11.7. The van der Waals surface area contributed by atoms with Crippen molar-refractivity contribution in [3.63, 3.8) is 0 Å². The second-order valence-electron chi connectivity index (χ2n) is 9.03. The van der Waals surface area contributed by atoms with Crippen LogP contribution in [-0.2, 0) is 26.2 Å². The SMILES string of the molecule is CC[C@H](C)NC(=O)[C@@H](C)N(Cc1ccccc1Cl)C(=O)CN(c1ccc(F)c(Cl)c1)S(=O)(=O)c1ccccc1. The predicted octanol–water partition coefficient (Wildman–Crippen LogP) is 5.66. The summed E-state index contributed by atoms with van der Waals surface area (Å²) < 4.78 is 42.2. The quantitative estimate of drug-likeness (QED) is 0.311. The van der Waals surface area contributed by atoms with Crippen LogP contribution < -0.4 is 9.62 Å². The summed E-state index contributed by atoms with van der Waals surface area (Å²) in [6, 6.07) is 16.7. The molecule has 0 aliphatic heterocycles.